The summed E-state index contributed by atoms with van der Waals surface area (Å²) in [5.74, 6) is -2.29. The number of hydrogen-bond acceptors (Lipinski definition) is 5. The topological polar surface area (TPSA) is 84.0 Å². The lowest BCUT2D eigenvalue weighted by Gasteiger charge is -2.19. The summed E-state index contributed by atoms with van der Waals surface area (Å²) in [4.78, 5) is 53.7. The Hall–Kier alpha value is -3.55. The van der Waals surface area contributed by atoms with Gasteiger partial charge >= 0.3 is 5.97 Å². The largest absolute Gasteiger partial charge is 0.426 e. The molecule has 176 valence electrons. The molecule has 7 nitrogen and oxygen atoms in total. The number of benzene rings is 2. The lowest BCUT2D eigenvalue weighted by molar-refractivity contribution is -0.139. The van der Waals surface area contributed by atoms with Crippen LogP contribution in [0.1, 0.15) is 37.7 Å². The molecule has 0 radical (unpaired) electrons. The Morgan fingerprint density at radius 2 is 1.62 bits per heavy atom. The van der Waals surface area contributed by atoms with E-state index in [1.54, 1.807) is 25.1 Å². The highest BCUT2D eigenvalue weighted by atomic mass is 19.1. The monoisotopic (exact) mass is 464 g/mol. The van der Waals surface area contributed by atoms with Gasteiger partial charge in [-0.15, -0.1) is 0 Å². The van der Waals surface area contributed by atoms with Crippen molar-refractivity contribution in [3.8, 4) is 5.75 Å². The van der Waals surface area contributed by atoms with Crippen LogP contribution in [0.5, 0.6) is 5.75 Å². The van der Waals surface area contributed by atoms with Gasteiger partial charge in [-0.2, -0.15) is 0 Å². The number of hydrogen-bond donors (Lipinski definition) is 0. The van der Waals surface area contributed by atoms with Crippen LogP contribution >= 0.6 is 0 Å². The molecule has 0 N–H and O–H groups in total. The highest BCUT2D eigenvalue weighted by Crippen LogP contribution is 2.41. The van der Waals surface area contributed by atoms with Gasteiger partial charge in [0.15, 0.2) is 0 Å². The van der Waals surface area contributed by atoms with Crippen molar-refractivity contribution in [2.45, 2.75) is 39.0 Å². The summed E-state index contributed by atoms with van der Waals surface area (Å²) in [6, 6.07) is 10.4. The van der Waals surface area contributed by atoms with Crippen molar-refractivity contribution >= 4 is 35.1 Å². The number of esters is 1. The Bertz CT molecular complexity index is 1150. The molecule has 0 spiro atoms. The molecule has 1 saturated carbocycles. The summed E-state index contributed by atoms with van der Waals surface area (Å²) in [7, 11) is 0. The lowest BCUT2D eigenvalue weighted by Crippen LogP contribution is -2.31. The van der Waals surface area contributed by atoms with E-state index >= 15 is 0 Å². The lowest BCUT2D eigenvalue weighted by atomic mass is 9.81. The number of nitrogens with zero attached hydrogens (tertiary/aromatic N) is 2. The zero-order valence-corrected chi connectivity index (χ0v) is 18.8. The molecule has 1 aliphatic carbocycles. The van der Waals surface area contributed by atoms with Gasteiger partial charge in [0.25, 0.3) is 0 Å². The SMILES string of the molecule is Cc1cc(OC(=O)[C@H]2CC(=O)N(c3ccc(F)cc3)C2)ccc1N1C(=O)[C@H]2CCCC[C@H]2C1=O. The number of ether oxygens (including phenoxy) is 1. The summed E-state index contributed by atoms with van der Waals surface area (Å²) in [5, 5.41) is 0. The fraction of sp³-hybridized carbons (Fsp3) is 0.385. The second-order valence-corrected chi connectivity index (χ2v) is 9.26. The van der Waals surface area contributed by atoms with Crippen LogP contribution in [-0.4, -0.2) is 30.2 Å². The molecule has 2 aliphatic heterocycles. The maximum Gasteiger partial charge on any atom is 0.316 e. The normalized spacial score (nSPS) is 24.5. The van der Waals surface area contributed by atoms with Crippen LogP contribution < -0.4 is 14.5 Å². The van der Waals surface area contributed by atoms with E-state index in [-0.39, 0.29) is 48.3 Å². The molecule has 2 saturated heterocycles. The Labute approximate surface area is 196 Å². The van der Waals surface area contributed by atoms with Crippen molar-refractivity contribution in [1.82, 2.24) is 0 Å². The Kier molecular flexibility index (Phi) is 5.67. The number of aryl methyl sites for hydroxylation is 1. The molecule has 3 aliphatic rings. The van der Waals surface area contributed by atoms with Crippen molar-refractivity contribution in [1.29, 1.82) is 0 Å². The number of carbonyl (C=O) groups is 4. The van der Waals surface area contributed by atoms with E-state index in [9.17, 15) is 23.6 Å². The second kappa shape index (κ2) is 8.66. The van der Waals surface area contributed by atoms with Crippen LogP contribution in [0.15, 0.2) is 42.5 Å². The highest BCUT2D eigenvalue weighted by Gasteiger charge is 2.49. The molecular formula is C26H25FN2O5. The van der Waals surface area contributed by atoms with E-state index in [1.165, 1.54) is 34.1 Å². The molecule has 5 rings (SSSR count). The van der Waals surface area contributed by atoms with E-state index in [0.717, 1.165) is 25.7 Å². The molecule has 2 aromatic carbocycles. The molecule has 0 bridgehead atoms. The van der Waals surface area contributed by atoms with E-state index in [2.05, 4.69) is 0 Å². The third kappa shape index (κ3) is 3.87. The summed E-state index contributed by atoms with van der Waals surface area (Å²) < 4.78 is 18.7. The van der Waals surface area contributed by atoms with Gasteiger partial charge in [-0.25, -0.2) is 9.29 Å². The van der Waals surface area contributed by atoms with Gasteiger partial charge in [-0.05, 0) is 67.8 Å². The first kappa shape index (κ1) is 22.3. The first-order valence-corrected chi connectivity index (χ1v) is 11.6. The van der Waals surface area contributed by atoms with Crippen molar-refractivity contribution < 1.29 is 28.3 Å². The predicted octanol–water partition coefficient (Wildman–Crippen LogP) is 3.77. The minimum Gasteiger partial charge on any atom is -0.426 e. The maximum atomic E-state index is 13.2. The Morgan fingerprint density at radius 1 is 0.971 bits per heavy atom. The smallest absolute Gasteiger partial charge is 0.316 e. The average molecular weight is 464 g/mol. The minimum absolute atomic E-state index is 0.00678. The summed E-state index contributed by atoms with van der Waals surface area (Å²) in [5.41, 5.74) is 1.70. The Balaban J connectivity index is 1.28. The molecule has 3 fully saturated rings. The number of amides is 3. The van der Waals surface area contributed by atoms with Gasteiger partial charge in [0.05, 0.1) is 23.4 Å². The van der Waals surface area contributed by atoms with Gasteiger partial charge in [-0.3, -0.25) is 19.2 Å². The van der Waals surface area contributed by atoms with Crippen LogP contribution in [0.4, 0.5) is 15.8 Å². The van der Waals surface area contributed by atoms with E-state index in [4.69, 9.17) is 4.74 Å². The average Bonchev–Trinajstić information content (AvgIpc) is 3.33. The number of carbonyl (C=O) groups excluding carboxylic acids is 4. The molecular weight excluding hydrogens is 439 g/mol. The fourth-order valence-corrected chi connectivity index (χ4v) is 5.28. The van der Waals surface area contributed by atoms with Crippen LogP contribution in [0.3, 0.4) is 0 Å². The van der Waals surface area contributed by atoms with Gasteiger partial charge < -0.3 is 9.64 Å². The van der Waals surface area contributed by atoms with E-state index < -0.39 is 17.7 Å². The Morgan fingerprint density at radius 3 is 2.24 bits per heavy atom. The number of anilines is 2. The van der Waals surface area contributed by atoms with E-state index in [1.807, 2.05) is 0 Å². The van der Waals surface area contributed by atoms with E-state index in [0.29, 0.717) is 16.9 Å². The van der Waals surface area contributed by atoms with Crippen LogP contribution in [0.2, 0.25) is 0 Å². The van der Waals surface area contributed by atoms with Crippen molar-refractivity contribution in [3.05, 3.63) is 53.8 Å². The highest BCUT2D eigenvalue weighted by molar-refractivity contribution is 6.22. The fourth-order valence-electron chi connectivity index (χ4n) is 5.28. The molecule has 0 unspecified atom stereocenters. The zero-order valence-electron chi connectivity index (χ0n) is 18.8. The van der Waals surface area contributed by atoms with Crippen LogP contribution in [-0.2, 0) is 19.2 Å². The molecule has 8 heteroatoms. The molecule has 0 aromatic heterocycles. The summed E-state index contributed by atoms with van der Waals surface area (Å²) in [6.45, 7) is 1.92. The minimum atomic E-state index is -0.651. The van der Waals surface area contributed by atoms with Gasteiger partial charge in [0.2, 0.25) is 17.7 Å². The molecule has 3 atom stereocenters. The van der Waals surface area contributed by atoms with Gasteiger partial charge in [0, 0.05) is 18.7 Å². The number of rotatable bonds is 4. The van der Waals surface area contributed by atoms with Crippen LogP contribution in [0, 0.1) is 30.5 Å². The van der Waals surface area contributed by atoms with Gasteiger partial charge in [-0.1, -0.05) is 12.8 Å². The standard InChI is InChI=1S/C26H25FN2O5/c1-15-12-19(10-11-22(15)29-24(31)20-4-2-3-5-21(20)25(29)32)34-26(33)16-13-23(30)28(14-16)18-8-6-17(27)7-9-18/h6-12,16,20-21H,2-5,13-14H2,1H3/t16-,20-,21+/m0/s1. The first-order valence-electron chi connectivity index (χ1n) is 11.6. The van der Waals surface area contributed by atoms with Gasteiger partial charge in [0.1, 0.15) is 11.6 Å². The predicted molar refractivity (Wildman–Crippen MR) is 122 cm³/mol. The molecule has 2 aromatic rings. The second-order valence-electron chi connectivity index (χ2n) is 9.26. The molecule has 3 amide bonds. The van der Waals surface area contributed by atoms with Crippen LogP contribution in [0.25, 0.3) is 0 Å². The quantitative estimate of drug-likeness (QED) is 0.391. The summed E-state index contributed by atoms with van der Waals surface area (Å²) >= 11 is 0. The molecule has 2 heterocycles. The summed E-state index contributed by atoms with van der Waals surface area (Å²) in [6.07, 6.45) is 3.42. The molecule has 34 heavy (non-hydrogen) atoms. The number of imide groups is 1. The van der Waals surface area contributed by atoms with Crippen molar-refractivity contribution in [2.75, 3.05) is 16.3 Å². The third-order valence-corrected chi connectivity index (χ3v) is 7.07. The maximum absolute atomic E-state index is 13.2. The zero-order chi connectivity index (χ0) is 24.0. The number of halogens is 1. The number of fused-ring (bicyclic) bond motifs is 1. The first-order chi connectivity index (χ1) is 16.3. The van der Waals surface area contributed by atoms with Crippen molar-refractivity contribution in [3.63, 3.8) is 0 Å². The third-order valence-electron chi connectivity index (χ3n) is 7.07. The van der Waals surface area contributed by atoms with Crippen molar-refractivity contribution in [2.24, 2.45) is 17.8 Å².